The lowest BCUT2D eigenvalue weighted by atomic mass is 9.97. The molecule has 13 heavy (non-hydrogen) atoms. The van der Waals surface area contributed by atoms with E-state index in [-0.39, 0.29) is 5.41 Å². The molecular weight excluding hydrogens is 176 g/mol. The Balaban J connectivity index is 2.85. The lowest BCUT2D eigenvalue weighted by molar-refractivity contribution is 0.571. The topological polar surface area (TPSA) is 0 Å². The first kappa shape index (κ1) is 10.2. The number of hydrogen-bond acceptors (Lipinski definition) is 1. The molecule has 0 N–H and O–H groups in total. The number of thiol groups is 1. The van der Waals surface area contributed by atoms with Crippen molar-refractivity contribution in [3.05, 3.63) is 29.8 Å². The molecule has 0 aromatic heterocycles. The van der Waals surface area contributed by atoms with Gasteiger partial charge in [0.25, 0.3) is 0 Å². The van der Waals surface area contributed by atoms with E-state index in [0.717, 1.165) is 10.5 Å². The van der Waals surface area contributed by atoms with Gasteiger partial charge in [0, 0.05) is 15.9 Å². The van der Waals surface area contributed by atoms with Crippen LogP contribution in [0.2, 0.25) is 0 Å². The van der Waals surface area contributed by atoms with Crippen LogP contribution in [0.25, 0.3) is 0 Å². The summed E-state index contributed by atoms with van der Waals surface area (Å²) in [6.45, 7) is 6.31. The maximum absolute atomic E-state index is 4.21. The molecule has 1 rings (SSSR count). The summed E-state index contributed by atoms with van der Waals surface area (Å²) in [5.74, 6) is 6.31. The third-order valence-corrected chi connectivity index (χ3v) is 1.75. The van der Waals surface area contributed by atoms with Crippen molar-refractivity contribution in [1.29, 1.82) is 0 Å². The summed E-state index contributed by atoms with van der Waals surface area (Å²) in [6.07, 6.45) is 0. The highest BCUT2D eigenvalue weighted by Crippen LogP contribution is 2.11. The molecule has 0 atom stereocenters. The minimum atomic E-state index is 0.0691. The first-order valence-corrected chi connectivity index (χ1v) is 4.74. The van der Waals surface area contributed by atoms with Crippen LogP contribution < -0.4 is 0 Å². The summed E-state index contributed by atoms with van der Waals surface area (Å²) < 4.78 is 0. The molecule has 0 aliphatic rings. The molecule has 0 saturated carbocycles. The fraction of sp³-hybridized carbons (Fsp3) is 0.333. The van der Waals surface area contributed by atoms with Crippen molar-refractivity contribution in [2.75, 3.05) is 0 Å². The molecule has 0 fully saturated rings. The fourth-order valence-electron chi connectivity index (χ4n) is 0.804. The van der Waals surface area contributed by atoms with Gasteiger partial charge in [-0.05, 0) is 45.0 Å². The summed E-state index contributed by atoms with van der Waals surface area (Å²) in [5.41, 5.74) is 1.12. The summed E-state index contributed by atoms with van der Waals surface area (Å²) in [5, 5.41) is 0. The molecule has 0 nitrogen and oxygen atoms in total. The van der Waals surface area contributed by atoms with E-state index in [9.17, 15) is 0 Å². The second kappa shape index (κ2) is 3.89. The van der Waals surface area contributed by atoms with Crippen LogP contribution in [0.4, 0.5) is 0 Å². The second-order valence-corrected chi connectivity index (χ2v) is 4.56. The van der Waals surface area contributed by atoms with E-state index in [1.807, 2.05) is 24.3 Å². The number of rotatable bonds is 0. The zero-order valence-electron chi connectivity index (χ0n) is 8.26. The number of hydrogen-bond donors (Lipinski definition) is 1. The van der Waals surface area contributed by atoms with Crippen LogP contribution in [0, 0.1) is 17.3 Å². The first-order chi connectivity index (χ1) is 5.97. The van der Waals surface area contributed by atoms with Gasteiger partial charge in [0.05, 0.1) is 0 Å². The zero-order chi connectivity index (χ0) is 9.90. The third kappa shape index (κ3) is 4.05. The highest BCUT2D eigenvalue weighted by molar-refractivity contribution is 7.80. The van der Waals surface area contributed by atoms with Gasteiger partial charge in [0.2, 0.25) is 0 Å². The van der Waals surface area contributed by atoms with E-state index in [2.05, 4.69) is 45.2 Å². The molecule has 0 amide bonds. The minimum absolute atomic E-state index is 0.0691. The van der Waals surface area contributed by atoms with E-state index in [4.69, 9.17) is 0 Å². The van der Waals surface area contributed by atoms with Gasteiger partial charge in [-0.2, -0.15) is 0 Å². The Hall–Kier alpha value is -0.870. The van der Waals surface area contributed by atoms with E-state index in [1.165, 1.54) is 0 Å². The van der Waals surface area contributed by atoms with Crippen LogP contribution >= 0.6 is 12.6 Å². The van der Waals surface area contributed by atoms with E-state index < -0.39 is 0 Å². The second-order valence-electron chi connectivity index (χ2n) is 4.05. The van der Waals surface area contributed by atoms with Crippen LogP contribution in [0.5, 0.6) is 0 Å². The maximum Gasteiger partial charge on any atom is 0.0246 e. The minimum Gasteiger partial charge on any atom is -0.143 e. The molecule has 0 saturated heterocycles. The van der Waals surface area contributed by atoms with Crippen molar-refractivity contribution in [3.63, 3.8) is 0 Å². The summed E-state index contributed by atoms with van der Waals surface area (Å²) in [7, 11) is 0. The van der Waals surface area contributed by atoms with Gasteiger partial charge in [-0.1, -0.05) is 11.8 Å². The highest BCUT2D eigenvalue weighted by Gasteiger charge is 2.02. The molecule has 0 radical (unpaired) electrons. The van der Waals surface area contributed by atoms with Gasteiger partial charge in [-0.25, -0.2) is 0 Å². The highest BCUT2D eigenvalue weighted by atomic mass is 32.1. The lowest BCUT2D eigenvalue weighted by Gasteiger charge is -2.06. The molecule has 0 aliphatic heterocycles. The average Bonchev–Trinajstić information content (AvgIpc) is 2.02. The summed E-state index contributed by atoms with van der Waals surface area (Å²) in [4.78, 5) is 0.973. The van der Waals surface area contributed by atoms with Crippen molar-refractivity contribution in [2.24, 2.45) is 5.41 Å². The molecule has 0 aliphatic carbocycles. The van der Waals surface area contributed by atoms with Crippen molar-refractivity contribution >= 4 is 12.6 Å². The predicted molar refractivity (Wildman–Crippen MR) is 60.0 cm³/mol. The average molecular weight is 190 g/mol. The molecule has 0 bridgehead atoms. The Kier molecular flexibility index (Phi) is 3.06. The Bertz CT molecular complexity index is 330. The molecule has 0 spiro atoms. The molecule has 0 heterocycles. The Morgan fingerprint density at radius 3 is 2.08 bits per heavy atom. The summed E-state index contributed by atoms with van der Waals surface area (Å²) in [6, 6.07) is 7.88. The lowest BCUT2D eigenvalue weighted by Crippen LogP contribution is -1.99. The standard InChI is InChI=1S/C12H14S/c1-12(2,3)9-8-10-4-6-11(13)7-5-10/h4-7,13H,1-3H3. The molecule has 1 aromatic rings. The monoisotopic (exact) mass is 190 g/mol. The van der Waals surface area contributed by atoms with Gasteiger partial charge in [-0.3, -0.25) is 0 Å². The third-order valence-electron chi connectivity index (χ3n) is 1.45. The molecular formula is C12H14S. The predicted octanol–water partition coefficient (Wildman–Crippen LogP) is 3.37. The Labute approximate surface area is 85.8 Å². The molecule has 1 heteroatoms. The van der Waals surface area contributed by atoms with E-state index in [0.29, 0.717) is 0 Å². The van der Waals surface area contributed by atoms with Gasteiger partial charge < -0.3 is 0 Å². The van der Waals surface area contributed by atoms with Gasteiger partial charge >= 0.3 is 0 Å². The molecule has 1 aromatic carbocycles. The maximum atomic E-state index is 4.21. The van der Waals surface area contributed by atoms with Crippen molar-refractivity contribution in [2.45, 2.75) is 25.7 Å². The largest absolute Gasteiger partial charge is 0.143 e. The zero-order valence-corrected chi connectivity index (χ0v) is 9.15. The SMILES string of the molecule is CC(C)(C)C#Cc1ccc(S)cc1. The molecule has 0 unspecified atom stereocenters. The Morgan fingerprint density at radius 2 is 1.62 bits per heavy atom. The quantitative estimate of drug-likeness (QED) is 0.470. The molecule has 68 valence electrons. The van der Waals surface area contributed by atoms with Gasteiger partial charge in [0.1, 0.15) is 0 Å². The van der Waals surface area contributed by atoms with E-state index >= 15 is 0 Å². The van der Waals surface area contributed by atoms with Crippen LogP contribution in [0.15, 0.2) is 29.2 Å². The van der Waals surface area contributed by atoms with Gasteiger partial charge in [-0.15, -0.1) is 12.6 Å². The normalized spacial score (nSPS) is 10.5. The smallest absolute Gasteiger partial charge is 0.0246 e. The van der Waals surface area contributed by atoms with Crippen LogP contribution in [0.3, 0.4) is 0 Å². The van der Waals surface area contributed by atoms with Gasteiger partial charge in [0.15, 0.2) is 0 Å². The summed E-state index contributed by atoms with van der Waals surface area (Å²) >= 11 is 4.21. The van der Waals surface area contributed by atoms with Crippen molar-refractivity contribution in [1.82, 2.24) is 0 Å². The Morgan fingerprint density at radius 1 is 1.08 bits per heavy atom. The van der Waals surface area contributed by atoms with Crippen molar-refractivity contribution < 1.29 is 0 Å². The van der Waals surface area contributed by atoms with Crippen LogP contribution in [-0.4, -0.2) is 0 Å². The van der Waals surface area contributed by atoms with Crippen LogP contribution in [-0.2, 0) is 0 Å². The first-order valence-electron chi connectivity index (χ1n) is 4.29. The van der Waals surface area contributed by atoms with E-state index in [1.54, 1.807) is 0 Å². The number of benzene rings is 1. The van der Waals surface area contributed by atoms with Crippen molar-refractivity contribution in [3.8, 4) is 11.8 Å². The fourth-order valence-corrected chi connectivity index (χ4v) is 0.954. The van der Waals surface area contributed by atoms with Crippen LogP contribution in [0.1, 0.15) is 26.3 Å².